The number of carboxylic acids is 1. The van der Waals surface area contributed by atoms with Gasteiger partial charge in [0.25, 0.3) is 0 Å². The van der Waals surface area contributed by atoms with Gasteiger partial charge in [0.1, 0.15) is 0 Å². The normalized spacial score (nSPS) is 12.4. The van der Waals surface area contributed by atoms with Crippen LogP contribution >= 0.6 is 0 Å². The van der Waals surface area contributed by atoms with Gasteiger partial charge in [0.05, 0.1) is 5.92 Å². The lowest BCUT2D eigenvalue weighted by Gasteiger charge is -2.07. The van der Waals surface area contributed by atoms with Gasteiger partial charge in [0.2, 0.25) is 0 Å². The molecule has 76 valence electrons. The molecule has 3 nitrogen and oxygen atoms in total. The highest BCUT2D eigenvalue weighted by Crippen LogP contribution is 2.12. The maximum atomic E-state index is 10.6. The quantitative estimate of drug-likeness (QED) is 0.796. The molecule has 14 heavy (non-hydrogen) atoms. The van der Waals surface area contributed by atoms with E-state index in [1.165, 1.54) is 5.56 Å². The van der Waals surface area contributed by atoms with E-state index in [2.05, 4.69) is 4.98 Å². The third-order valence-corrected chi connectivity index (χ3v) is 2.40. The van der Waals surface area contributed by atoms with Crippen molar-refractivity contribution < 1.29 is 9.90 Å². The van der Waals surface area contributed by atoms with E-state index >= 15 is 0 Å². The maximum Gasteiger partial charge on any atom is 0.306 e. The lowest BCUT2D eigenvalue weighted by molar-refractivity contribution is -0.141. The van der Waals surface area contributed by atoms with Crippen molar-refractivity contribution in [1.82, 2.24) is 4.98 Å². The molecule has 1 unspecified atom stereocenters. The molecule has 0 radical (unpaired) electrons. The summed E-state index contributed by atoms with van der Waals surface area (Å²) in [5, 5.41) is 8.72. The smallest absolute Gasteiger partial charge is 0.306 e. The van der Waals surface area contributed by atoms with Crippen LogP contribution < -0.4 is 0 Å². The lowest BCUT2D eigenvalue weighted by atomic mass is 10.00. The summed E-state index contributed by atoms with van der Waals surface area (Å²) < 4.78 is 0. The highest BCUT2D eigenvalue weighted by atomic mass is 16.4. The Bertz CT molecular complexity index is 323. The first-order valence-corrected chi connectivity index (χ1v) is 4.73. The Hall–Kier alpha value is -1.38. The number of hydrogen-bond acceptors (Lipinski definition) is 2. The molecule has 1 aromatic heterocycles. The van der Waals surface area contributed by atoms with E-state index in [-0.39, 0.29) is 5.92 Å². The van der Waals surface area contributed by atoms with Gasteiger partial charge in [-0.15, -0.1) is 0 Å². The van der Waals surface area contributed by atoms with E-state index in [9.17, 15) is 4.79 Å². The second kappa shape index (κ2) is 4.74. The summed E-state index contributed by atoms with van der Waals surface area (Å²) in [6, 6.07) is 1.95. The van der Waals surface area contributed by atoms with E-state index < -0.39 is 5.97 Å². The molecule has 0 saturated carbocycles. The van der Waals surface area contributed by atoms with E-state index in [1.54, 1.807) is 19.3 Å². The van der Waals surface area contributed by atoms with E-state index in [4.69, 9.17) is 5.11 Å². The predicted octanol–water partition coefficient (Wildman–Crippen LogP) is 2.04. The summed E-state index contributed by atoms with van der Waals surface area (Å²) in [5.74, 6) is -1.00. The molecule has 1 atom stereocenters. The molecule has 1 rings (SSSR count). The van der Waals surface area contributed by atoms with Gasteiger partial charge in [-0.25, -0.2) is 0 Å². The maximum absolute atomic E-state index is 10.6. The first-order valence-electron chi connectivity index (χ1n) is 4.73. The summed E-state index contributed by atoms with van der Waals surface area (Å²) in [5.41, 5.74) is 2.32. The highest BCUT2D eigenvalue weighted by molar-refractivity contribution is 5.69. The van der Waals surface area contributed by atoms with Crippen LogP contribution in [0.4, 0.5) is 0 Å². The largest absolute Gasteiger partial charge is 0.481 e. The van der Waals surface area contributed by atoms with Crippen LogP contribution in [0.5, 0.6) is 0 Å². The van der Waals surface area contributed by atoms with Crippen molar-refractivity contribution in [2.75, 3.05) is 0 Å². The van der Waals surface area contributed by atoms with Gasteiger partial charge in [0, 0.05) is 12.4 Å². The van der Waals surface area contributed by atoms with Crippen LogP contribution in [-0.2, 0) is 11.2 Å². The molecule has 0 saturated heterocycles. The fraction of sp³-hybridized carbons (Fsp3) is 0.455. The second-order valence-corrected chi connectivity index (χ2v) is 3.58. The summed E-state index contributed by atoms with van der Waals surface area (Å²) in [7, 11) is 0. The van der Waals surface area contributed by atoms with Gasteiger partial charge in [0.15, 0.2) is 0 Å². The Balaban J connectivity index is 2.54. The van der Waals surface area contributed by atoms with Gasteiger partial charge < -0.3 is 5.11 Å². The lowest BCUT2D eigenvalue weighted by Crippen LogP contribution is -2.10. The zero-order chi connectivity index (χ0) is 10.6. The van der Waals surface area contributed by atoms with Crippen LogP contribution in [0.2, 0.25) is 0 Å². The number of nitrogens with zero attached hydrogens (tertiary/aromatic N) is 1. The summed E-state index contributed by atoms with van der Waals surface area (Å²) in [6.45, 7) is 3.73. The molecule has 0 fully saturated rings. The van der Waals surface area contributed by atoms with Crippen molar-refractivity contribution in [1.29, 1.82) is 0 Å². The molecular formula is C11H15NO2. The van der Waals surface area contributed by atoms with Gasteiger partial charge in [-0.05, 0) is 37.0 Å². The van der Waals surface area contributed by atoms with Crippen molar-refractivity contribution in [3.8, 4) is 0 Å². The molecule has 0 aliphatic carbocycles. The van der Waals surface area contributed by atoms with E-state index in [0.29, 0.717) is 6.42 Å². The molecular weight excluding hydrogens is 178 g/mol. The Labute approximate surface area is 83.8 Å². The number of carboxylic acid groups (broad SMARTS) is 1. The van der Waals surface area contributed by atoms with Crippen LogP contribution in [0.3, 0.4) is 0 Å². The molecule has 1 aromatic rings. The van der Waals surface area contributed by atoms with Crippen molar-refractivity contribution in [2.24, 2.45) is 5.92 Å². The summed E-state index contributed by atoms with van der Waals surface area (Å²) in [6.07, 6.45) is 5.04. The Morgan fingerprint density at radius 2 is 2.36 bits per heavy atom. The fourth-order valence-corrected chi connectivity index (χ4v) is 1.28. The molecule has 0 spiro atoms. The average molecular weight is 193 g/mol. The molecule has 3 heteroatoms. The van der Waals surface area contributed by atoms with Crippen LogP contribution in [0, 0.1) is 12.8 Å². The minimum absolute atomic E-state index is 0.275. The van der Waals surface area contributed by atoms with Crippen LogP contribution in [0.1, 0.15) is 24.5 Å². The molecule has 0 aliphatic heterocycles. The van der Waals surface area contributed by atoms with Crippen molar-refractivity contribution in [3.63, 3.8) is 0 Å². The highest BCUT2D eigenvalue weighted by Gasteiger charge is 2.10. The molecule has 1 N–H and O–H groups in total. The van der Waals surface area contributed by atoms with Crippen molar-refractivity contribution in [2.45, 2.75) is 26.7 Å². The fourth-order valence-electron chi connectivity index (χ4n) is 1.28. The number of aromatic nitrogens is 1. The second-order valence-electron chi connectivity index (χ2n) is 3.58. The first-order chi connectivity index (χ1) is 6.61. The zero-order valence-corrected chi connectivity index (χ0v) is 8.53. The number of carbonyl (C=O) groups is 1. The summed E-state index contributed by atoms with van der Waals surface area (Å²) in [4.78, 5) is 14.6. The molecule has 0 aromatic carbocycles. The monoisotopic (exact) mass is 193 g/mol. The SMILES string of the molecule is Cc1cnccc1CCC(C)C(=O)O. The minimum Gasteiger partial charge on any atom is -0.481 e. The van der Waals surface area contributed by atoms with Gasteiger partial charge in [-0.3, -0.25) is 9.78 Å². The van der Waals surface area contributed by atoms with Gasteiger partial charge in [-0.1, -0.05) is 6.92 Å². The Morgan fingerprint density at radius 3 is 2.93 bits per heavy atom. The third-order valence-electron chi connectivity index (χ3n) is 2.40. The number of pyridine rings is 1. The summed E-state index contributed by atoms with van der Waals surface area (Å²) >= 11 is 0. The molecule has 0 aliphatic rings. The van der Waals surface area contributed by atoms with Gasteiger partial charge in [-0.2, -0.15) is 0 Å². The third kappa shape index (κ3) is 2.83. The molecule has 0 bridgehead atoms. The number of aryl methyl sites for hydroxylation is 2. The zero-order valence-electron chi connectivity index (χ0n) is 8.53. The standard InChI is InChI=1S/C11H15NO2/c1-8(11(13)14)3-4-10-5-6-12-7-9(10)2/h5-8H,3-4H2,1-2H3,(H,13,14). The predicted molar refractivity (Wildman–Crippen MR) is 54.1 cm³/mol. The van der Waals surface area contributed by atoms with Crippen LogP contribution in [0.15, 0.2) is 18.5 Å². The van der Waals surface area contributed by atoms with E-state index in [0.717, 1.165) is 12.0 Å². The molecule has 0 amide bonds. The Morgan fingerprint density at radius 1 is 1.64 bits per heavy atom. The first kappa shape index (κ1) is 10.7. The number of aliphatic carboxylic acids is 1. The van der Waals surface area contributed by atoms with Crippen LogP contribution in [0.25, 0.3) is 0 Å². The average Bonchev–Trinajstić information content (AvgIpc) is 2.16. The number of hydrogen-bond donors (Lipinski definition) is 1. The van der Waals surface area contributed by atoms with E-state index in [1.807, 2.05) is 13.0 Å². The molecule has 1 heterocycles. The topological polar surface area (TPSA) is 50.2 Å². The Kier molecular flexibility index (Phi) is 3.63. The number of rotatable bonds is 4. The van der Waals surface area contributed by atoms with Crippen LogP contribution in [-0.4, -0.2) is 16.1 Å². The van der Waals surface area contributed by atoms with Gasteiger partial charge >= 0.3 is 5.97 Å². The van der Waals surface area contributed by atoms with Crippen molar-refractivity contribution >= 4 is 5.97 Å². The van der Waals surface area contributed by atoms with Crippen molar-refractivity contribution in [3.05, 3.63) is 29.6 Å². The minimum atomic E-state index is -0.725.